The lowest BCUT2D eigenvalue weighted by atomic mass is 10.1. The van der Waals surface area contributed by atoms with Crippen molar-refractivity contribution in [3.8, 4) is 0 Å². The summed E-state index contributed by atoms with van der Waals surface area (Å²) in [5.74, 6) is 0. The lowest BCUT2D eigenvalue weighted by Crippen LogP contribution is -2.32. The molecule has 1 rings (SSSR count). The highest BCUT2D eigenvalue weighted by Gasteiger charge is 2.35. The van der Waals surface area contributed by atoms with Crippen molar-refractivity contribution in [3.05, 3.63) is 0 Å². The van der Waals surface area contributed by atoms with E-state index >= 15 is 0 Å². The minimum atomic E-state index is -0.166. The van der Waals surface area contributed by atoms with Crippen LogP contribution < -0.4 is 0 Å². The third-order valence-corrected chi connectivity index (χ3v) is 3.77. The Morgan fingerprint density at radius 3 is 2.85 bits per heavy atom. The van der Waals surface area contributed by atoms with Crippen LogP contribution in [0, 0.1) is 0 Å². The molecule has 76 valence electrons. The van der Waals surface area contributed by atoms with Gasteiger partial charge in [-0.1, -0.05) is 0 Å². The normalized spacial score (nSPS) is 27.8. The van der Waals surface area contributed by atoms with E-state index in [2.05, 4.69) is 13.2 Å². The maximum absolute atomic E-state index is 11.3. The molecular formula is C9H17NO2S. The number of likely N-dealkylation sites (tertiary alicyclic amines) is 1. The molecule has 0 radical (unpaired) electrons. The molecule has 0 saturated carbocycles. The van der Waals surface area contributed by atoms with Crippen molar-refractivity contribution in [2.24, 2.45) is 0 Å². The minimum absolute atomic E-state index is 0.166. The Balaban J connectivity index is 2.45. The third kappa shape index (κ3) is 2.53. The van der Waals surface area contributed by atoms with Crippen LogP contribution >= 0.6 is 11.8 Å². The van der Waals surface area contributed by atoms with Crippen LogP contribution in [0.5, 0.6) is 0 Å². The number of thioether (sulfide) groups is 1. The predicted octanol–water partition coefficient (Wildman–Crippen LogP) is 1.97. The van der Waals surface area contributed by atoms with Crippen LogP contribution in [0.2, 0.25) is 0 Å². The van der Waals surface area contributed by atoms with Gasteiger partial charge < -0.3 is 9.64 Å². The van der Waals surface area contributed by atoms with Crippen molar-refractivity contribution in [2.75, 3.05) is 26.0 Å². The van der Waals surface area contributed by atoms with E-state index < -0.39 is 0 Å². The quantitative estimate of drug-likeness (QED) is 0.687. The SMILES string of the molecule is CCOC(=O)N1CCC(C)(SC)C1. The molecule has 0 aromatic carbocycles. The van der Waals surface area contributed by atoms with Crippen molar-refractivity contribution in [1.29, 1.82) is 0 Å². The molecule has 1 aliphatic rings. The van der Waals surface area contributed by atoms with E-state index in [-0.39, 0.29) is 10.8 Å². The first kappa shape index (κ1) is 10.7. The number of amides is 1. The zero-order valence-corrected chi connectivity index (χ0v) is 9.32. The maximum atomic E-state index is 11.3. The summed E-state index contributed by atoms with van der Waals surface area (Å²) in [6.45, 7) is 6.13. The van der Waals surface area contributed by atoms with Gasteiger partial charge in [-0.05, 0) is 26.5 Å². The van der Waals surface area contributed by atoms with Gasteiger partial charge in [0.25, 0.3) is 0 Å². The van der Waals surface area contributed by atoms with Crippen molar-refractivity contribution >= 4 is 17.9 Å². The van der Waals surface area contributed by atoms with E-state index in [9.17, 15) is 4.79 Å². The molecule has 1 unspecified atom stereocenters. The summed E-state index contributed by atoms with van der Waals surface area (Å²) in [6.07, 6.45) is 2.99. The highest BCUT2D eigenvalue weighted by molar-refractivity contribution is 8.00. The maximum Gasteiger partial charge on any atom is 0.409 e. The molecule has 1 amide bonds. The van der Waals surface area contributed by atoms with Gasteiger partial charge in [0.05, 0.1) is 6.61 Å². The van der Waals surface area contributed by atoms with E-state index in [1.165, 1.54) is 0 Å². The fourth-order valence-corrected chi connectivity index (χ4v) is 2.05. The van der Waals surface area contributed by atoms with Gasteiger partial charge >= 0.3 is 6.09 Å². The average Bonchev–Trinajstić information content (AvgIpc) is 2.50. The number of carbonyl (C=O) groups is 1. The molecule has 1 fully saturated rings. The summed E-state index contributed by atoms with van der Waals surface area (Å²) in [6, 6.07) is 0. The summed E-state index contributed by atoms with van der Waals surface area (Å²) in [4.78, 5) is 13.1. The molecule has 0 aliphatic carbocycles. The molecule has 0 spiro atoms. The number of rotatable bonds is 2. The Kier molecular flexibility index (Phi) is 3.47. The third-order valence-electron chi connectivity index (χ3n) is 2.45. The minimum Gasteiger partial charge on any atom is -0.450 e. The molecule has 1 saturated heterocycles. The highest BCUT2D eigenvalue weighted by Crippen LogP contribution is 2.32. The Labute approximate surface area is 83.8 Å². The van der Waals surface area contributed by atoms with Gasteiger partial charge in [0.1, 0.15) is 0 Å². The molecule has 0 aromatic heterocycles. The van der Waals surface area contributed by atoms with Crippen molar-refractivity contribution < 1.29 is 9.53 Å². The Bertz CT molecular complexity index is 198. The van der Waals surface area contributed by atoms with Gasteiger partial charge in [0.2, 0.25) is 0 Å². The molecule has 1 heterocycles. The molecule has 4 heteroatoms. The summed E-state index contributed by atoms with van der Waals surface area (Å²) >= 11 is 1.82. The summed E-state index contributed by atoms with van der Waals surface area (Å²) in [5, 5.41) is 0. The summed E-state index contributed by atoms with van der Waals surface area (Å²) in [5.41, 5.74) is 0. The van der Waals surface area contributed by atoms with Crippen LogP contribution in [-0.2, 0) is 4.74 Å². The number of hydrogen-bond acceptors (Lipinski definition) is 3. The second-order valence-electron chi connectivity index (χ2n) is 3.52. The summed E-state index contributed by atoms with van der Waals surface area (Å²) < 4.78 is 5.17. The number of nitrogens with zero attached hydrogens (tertiary/aromatic N) is 1. The zero-order valence-electron chi connectivity index (χ0n) is 8.50. The van der Waals surface area contributed by atoms with Crippen LogP contribution in [0.4, 0.5) is 4.79 Å². The Morgan fingerprint density at radius 2 is 2.38 bits per heavy atom. The van der Waals surface area contributed by atoms with E-state index in [0.29, 0.717) is 6.61 Å². The van der Waals surface area contributed by atoms with Gasteiger partial charge in [0.15, 0.2) is 0 Å². The molecule has 1 aliphatic heterocycles. The standard InChI is InChI=1S/C9H17NO2S/c1-4-12-8(11)10-6-5-9(2,7-10)13-3/h4-7H2,1-3H3. The second kappa shape index (κ2) is 4.22. The Hall–Kier alpha value is -0.380. The van der Waals surface area contributed by atoms with Crippen LogP contribution in [0.3, 0.4) is 0 Å². The van der Waals surface area contributed by atoms with E-state index in [1.807, 2.05) is 18.7 Å². The average molecular weight is 203 g/mol. The smallest absolute Gasteiger partial charge is 0.409 e. The van der Waals surface area contributed by atoms with E-state index in [4.69, 9.17) is 4.74 Å². The van der Waals surface area contributed by atoms with Crippen molar-refractivity contribution in [2.45, 2.75) is 25.0 Å². The van der Waals surface area contributed by atoms with Gasteiger partial charge in [-0.2, -0.15) is 11.8 Å². The molecule has 1 atom stereocenters. The van der Waals surface area contributed by atoms with Gasteiger partial charge in [0, 0.05) is 17.8 Å². The zero-order chi connectivity index (χ0) is 9.90. The van der Waals surface area contributed by atoms with Gasteiger partial charge in [-0.15, -0.1) is 0 Å². The number of hydrogen-bond donors (Lipinski definition) is 0. The van der Waals surface area contributed by atoms with Crippen molar-refractivity contribution in [3.63, 3.8) is 0 Å². The fraction of sp³-hybridized carbons (Fsp3) is 0.889. The van der Waals surface area contributed by atoms with Crippen LogP contribution in [0.1, 0.15) is 20.3 Å². The molecule has 0 aromatic rings. The largest absolute Gasteiger partial charge is 0.450 e. The molecule has 0 bridgehead atoms. The molecule has 3 nitrogen and oxygen atoms in total. The highest BCUT2D eigenvalue weighted by atomic mass is 32.2. The van der Waals surface area contributed by atoms with Crippen molar-refractivity contribution in [1.82, 2.24) is 4.90 Å². The number of carbonyl (C=O) groups excluding carboxylic acids is 1. The lowest BCUT2D eigenvalue weighted by Gasteiger charge is -2.21. The van der Waals surface area contributed by atoms with E-state index in [0.717, 1.165) is 19.5 Å². The topological polar surface area (TPSA) is 29.5 Å². The first-order chi connectivity index (χ1) is 6.11. The predicted molar refractivity (Wildman–Crippen MR) is 55.1 cm³/mol. The molecule has 0 N–H and O–H groups in total. The van der Waals surface area contributed by atoms with Crippen LogP contribution in [0.25, 0.3) is 0 Å². The fourth-order valence-electron chi connectivity index (χ4n) is 1.47. The number of ether oxygens (including phenoxy) is 1. The summed E-state index contributed by atoms with van der Waals surface area (Å²) in [7, 11) is 0. The van der Waals surface area contributed by atoms with Gasteiger partial charge in [-0.25, -0.2) is 4.79 Å². The first-order valence-corrected chi connectivity index (χ1v) is 5.80. The van der Waals surface area contributed by atoms with Gasteiger partial charge in [-0.3, -0.25) is 0 Å². The lowest BCUT2D eigenvalue weighted by molar-refractivity contribution is 0.115. The monoisotopic (exact) mass is 203 g/mol. The van der Waals surface area contributed by atoms with E-state index in [1.54, 1.807) is 4.90 Å². The Morgan fingerprint density at radius 1 is 1.69 bits per heavy atom. The first-order valence-electron chi connectivity index (χ1n) is 4.58. The molecule has 13 heavy (non-hydrogen) atoms. The van der Waals surface area contributed by atoms with Crippen LogP contribution in [-0.4, -0.2) is 41.7 Å². The second-order valence-corrected chi connectivity index (χ2v) is 4.92. The van der Waals surface area contributed by atoms with Crippen LogP contribution in [0.15, 0.2) is 0 Å². The molecular weight excluding hydrogens is 186 g/mol.